The summed E-state index contributed by atoms with van der Waals surface area (Å²) in [6, 6.07) is 2.23. The van der Waals surface area contributed by atoms with Crippen molar-refractivity contribution in [3.8, 4) is 0 Å². The summed E-state index contributed by atoms with van der Waals surface area (Å²) in [7, 11) is -3.64. The summed E-state index contributed by atoms with van der Waals surface area (Å²) in [5.74, 6) is -4.76. The van der Waals surface area contributed by atoms with Crippen molar-refractivity contribution >= 4 is 30.4 Å². The number of alkyl halides is 2. The maximum atomic E-state index is 15.0. The van der Waals surface area contributed by atoms with Crippen molar-refractivity contribution in [3.05, 3.63) is 57.1 Å². The third-order valence-corrected chi connectivity index (χ3v) is 8.99. The lowest BCUT2D eigenvalue weighted by Gasteiger charge is -2.22. The average molecular weight is 641 g/mol. The number of ether oxygens (including phenoxy) is 2. The van der Waals surface area contributed by atoms with E-state index >= 15 is 0 Å². The number of carbonyl (C=O) groups excluding carboxylic acids is 2. The van der Waals surface area contributed by atoms with E-state index in [0.717, 1.165) is 29.6 Å². The van der Waals surface area contributed by atoms with Gasteiger partial charge in [-0.1, -0.05) is 6.92 Å². The molecule has 16 heteroatoms. The molecule has 0 bridgehead atoms. The Bertz CT molecular complexity index is 1670. The number of aliphatic hydroxyl groups excluding tert-OH is 1. The highest BCUT2D eigenvalue weighted by atomic mass is 31.2. The van der Waals surface area contributed by atoms with Gasteiger partial charge in [-0.25, -0.2) is 14.9 Å². The second kappa shape index (κ2) is 12.9. The Kier molecular flexibility index (Phi) is 9.86. The van der Waals surface area contributed by atoms with Crippen molar-refractivity contribution in [2.75, 3.05) is 13.3 Å². The van der Waals surface area contributed by atoms with Gasteiger partial charge in [-0.2, -0.15) is 13.8 Å². The summed E-state index contributed by atoms with van der Waals surface area (Å²) < 4.78 is 64.5. The van der Waals surface area contributed by atoms with Crippen molar-refractivity contribution in [2.45, 2.75) is 84.5 Å². The molecule has 13 nitrogen and oxygen atoms in total. The van der Waals surface area contributed by atoms with Gasteiger partial charge in [0, 0.05) is 19.3 Å². The van der Waals surface area contributed by atoms with Crippen LogP contribution in [0.2, 0.25) is 0 Å². The number of rotatable bonds is 12. The normalized spacial score (nSPS) is 21.7. The zero-order chi connectivity index (χ0) is 32.6. The first-order chi connectivity index (χ1) is 20.5. The number of hydrogen-bond donors (Lipinski definition) is 2. The highest BCUT2D eigenvalue weighted by Gasteiger charge is 2.60. The van der Waals surface area contributed by atoms with Crippen LogP contribution in [0.15, 0.2) is 27.5 Å². The molecule has 0 spiro atoms. The zero-order valence-corrected chi connectivity index (χ0v) is 26.0. The molecule has 240 valence electrons. The van der Waals surface area contributed by atoms with Crippen LogP contribution in [-0.2, 0) is 41.2 Å². The summed E-state index contributed by atoms with van der Waals surface area (Å²) in [6.07, 6.45) is -5.61. The highest BCUT2D eigenvalue weighted by Crippen LogP contribution is 2.45. The van der Waals surface area contributed by atoms with E-state index in [-0.39, 0.29) is 30.4 Å². The minimum atomic E-state index is -3.95. The number of fused-ring (bicyclic) bond motifs is 1. The van der Waals surface area contributed by atoms with Gasteiger partial charge < -0.3 is 23.5 Å². The fraction of sp³-hybridized carbons (Fsp3) is 0.536. The zero-order valence-electron chi connectivity index (χ0n) is 25.1. The van der Waals surface area contributed by atoms with Crippen LogP contribution in [0.25, 0.3) is 11.1 Å². The molecule has 4 rings (SSSR count). The maximum absolute atomic E-state index is 15.0. The number of carbonyl (C=O) groups is 2. The predicted molar refractivity (Wildman–Crippen MR) is 152 cm³/mol. The standard InChI is InChI=1S/C28H35F2N4O9P/c1-7-20(35)17(5)33-44(6,39)41-12-21-25(37)28(29,30)26(42-21)34-9-8-18(31-27(34)38)11-23(36)40-13-22-32-19-10-14(2)15(3)16(4)24(19)43-22/h8-10,17,21,25-26,37H,7,11-13H2,1-6H3,(H,33,39)/t17-,21+,25+,26+,44?/m0/s1. The summed E-state index contributed by atoms with van der Waals surface area (Å²) >= 11 is 0. The van der Waals surface area contributed by atoms with E-state index in [1.54, 1.807) is 6.92 Å². The molecule has 0 aliphatic carbocycles. The first-order valence-electron chi connectivity index (χ1n) is 13.9. The molecule has 2 N–H and O–H groups in total. The van der Waals surface area contributed by atoms with Gasteiger partial charge in [0.2, 0.25) is 12.1 Å². The summed E-state index contributed by atoms with van der Waals surface area (Å²) in [5.41, 5.74) is 3.04. The van der Waals surface area contributed by atoms with Gasteiger partial charge in [-0.05, 0) is 56.5 Å². The summed E-state index contributed by atoms with van der Waals surface area (Å²) in [6.45, 7) is 9.12. The maximum Gasteiger partial charge on any atom is 0.350 e. The minimum Gasteiger partial charge on any atom is -0.455 e. The van der Waals surface area contributed by atoms with Gasteiger partial charge in [-0.3, -0.25) is 18.7 Å². The van der Waals surface area contributed by atoms with E-state index in [9.17, 15) is 32.8 Å². The van der Waals surface area contributed by atoms with Crippen LogP contribution in [0.4, 0.5) is 8.78 Å². The third kappa shape index (κ3) is 7.13. The Morgan fingerprint density at radius 1 is 1.25 bits per heavy atom. The Labute approximate surface area is 251 Å². The second-order valence-electron chi connectivity index (χ2n) is 10.8. The molecule has 5 atom stereocenters. The van der Waals surface area contributed by atoms with Crippen LogP contribution in [-0.4, -0.2) is 68.8 Å². The molecular weight excluding hydrogens is 605 g/mol. The second-order valence-corrected chi connectivity index (χ2v) is 13.0. The molecule has 0 saturated carbocycles. The largest absolute Gasteiger partial charge is 0.455 e. The lowest BCUT2D eigenvalue weighted by molar-refractivity contribution is -0.145. The number of Topliss-reactive ketones (excluding diaryl/α,β-unsaturated/α-hetero) is 1. The van der Waals surface area contributed by atoms with Crippen LogP contribution in [0.3, 0.4) is 0 Å². The molecule has 1 fully saturated rings. The lowest BCUT2D eigenvalue weighted by atomic mass is 10.0. The van der Waals surface area contributed by atoms with Crippen LogP contribution in [0, 0.1) is 20.8 Å². The van der Waals surface area contributed by atoms with Crippen LogP contribution >= 0.6 is 7.52 Å². The fourth-order valence-corrected chi connectivity index (χ4v) is 6.09. The topological polar surface area (TPSA) is 172 Å². The molecule has 44 heavy (non-hydrogen) atoms. The molecule has 0 amide bonds. The van der Waals surface area contributed by atoms with Crippen molar-refractivity contribution in [3.63, 3.8) is 0 Å². The molecule has 3 aromatic rings. The van der Waals surface area contributed by atoms with Gasteiger partial charge in [-0.15, -0.1) is 0 Å². The number of benzene rings is 1. The molecule has 1 aliphatic rings. The highest BCUT2D eigenvalue weighted by molar-refractivity contribution is 7.56. The predicted octanol–water partition coefficient (Wildman–Crippen LogP) is 3.29. The quantitative estimate of drug-likeness (QED) is 0.219. The minimum absolute atomic E-state index is 0.0496. The molecule has 0 radical (unpaired) electrons. The number of hydrogen-bond acceptors (Lipinski definition) is 11. The van der Waals surface area contributed by atoms with Gasteiger partial charge in [0.25, 0.3) is 7.52 Å². The first-order valence-corrected chi connectivity index (χ1v) is 15.9. The third-order valence-electron chi connectivity index (χ3n) is 7.49. The summed E-state index contributed by atoms with van der Waals surface area (Å²) in [4.78, 5) is 44.9. The van der Waals surface area contributed by atoms with Crippen molar-refractivity contribution in [1.82, 2.24) is 19.6 Å². The number of oxazole rings is 1. The van der Waals surface area contributed by atoms with Gasteiger partial charge >= 0.3 is 17.6 Å². The number of esters is 1. The molecule has 1 saturated heterocycles. The van der Waals surface area contributed by atoms with Gasteiger partial charge in [0.15, 0.2) is 18.3 Å². The smallest absolute Gasteiger partial charge is 0.350 e. The number of halogens is 2. The van der Waals surface area contributed by atoms with E-state index in [2.05, 4.69) is 15.1 Å². The van der Waals surface area contributed by atoms with Crippen molar-refractivity contribution in [2.24, 2.45) is 0 Å². The van der Waals surface area contributed by atoms with E-state index in [0.29, 0.717) is 15.7 Å². The molecule has 3 heterocycles. The monoisotopic (exact) mass is 640 g/mol. The average Bonchev–Trinajstić information content (AvgIpc) is 3.46. The Morgan fingerprint density at radius 2 is 1.95 bits per heavy atom. The SMILES string of the molecule is CCC(=O)[C@H](C)NP(C)(=O)OC[C@H]1O[C@@H](n2ccc(CC(=O)OCc3nc4cc(C)c(C)c(C)c4o3)nc2=O)C(F)(F)[C@@H]1O. The van der Waals surface area contributed by atoms with Crippen LogP contribution in [0.5, 0.6) is 0 Å². The number of aromatic nitrogens is 3. The number of ketones is 1. The van der Waals surface area contributed by atoms with Crippen LogP contribution in [0.1, 0.15) is 54.8 Å². The van der Waals surface area contributed by atoms with E-state index in [4.69, 9.17) is 18.4 Å². The Hall–Kier alpha value is -3.36. The summed E-state index contributed by atoms with van der Waals surface area (Å²) in [5, 5.41) is 12.7. The van der Waals surface area contributed by atoms with Gasteiger partial charge in [0.1, 0.15) is 17.4 Å². The molecular formula is C28H35F2N4O9P. The molecule has 1 unspecified atom stereocenters. The Balaban J connectivity index is 1.37. The number of aryl methyl sites for hydroxylation is 2. The first kappa shape index (κ1) is 33.5. The van der Waals surface area contributed by atoms with E-state index in [1.165, 1.54) is 13.0 Å². The fourth-order valence-electron chi connectivity index (χ4n) is 4.74. The number of nitrogens with zero attached hydrogens (tertiary/aromatic N) is 3. The molecule has 1 aliphatic heterocycles. The number of nitrogens with one attached hydrogen (secondary N) is 1. The van der Waals surface area contributed by atoms with E-state index < -0.39 is 62.6 Å². The molecule has 2 aromatic heterocycles. The van der Waals surface area contributed by atoms with Gasteiger partial charge in [0.05, 0.1) is 24.8 Å². The Morgan fingerprint density at radius 3 is 2.61 bits per heavy atom. The lowest BCUT2D eigenvalue weighted by Crippen LogP contribution is -2.42. The van der Waals surface area contributed by atoms with E-state index in [1.807, 2.05) is 26.8 Å². The molecule has 1 aromatic carbocycles. The van der Waals surface area contributed by atoms with Crippen molar-refractivity contribution < 1.29 is 46.5 Å². The number of aliphatic hydroxyl groups is 1. The van der Waals surface area contributed by atoms with Crippen LogP contribution < -0.4 is 10.8 Å². The van der Waals surface area contributed by atoms with Crippen molar-refractivity contribution in [1.29, 1.82) is 0 Å².